The molecule has 0 saturated heterocycles. The van der Waals surface area contributed by atoms with Crippen LogP contribution < -0.4 is 5.32 Å². The van der Waals surface area contributed by atoms with E-state index in [4.69, 9.17) is 4.74 Å². The average molecular weight is 314 g/mol. The van der Waals surface area contributed by atoms with Crippen molar-refractivity contribution >= 4 is 11.9 Å². The summed E-state index contributed by atoms with van der Waals surface area (Å²) < 4.78 is 6.72. The maximum absolute atomic E-state index is 12.3. The molecule has 0 aliphatic carbocycles. The zero-order valence-electron chi connectivity index (χ0n) is 13.7. The molecule has 5 nitrogen and oxygen atoms in total. The van der Waals surface area contributed by atoms with Crippen molar-refractivity contribution < 1.29 is 14.3 Å². The van der Waals surface area contributed by atoms with Gasteiger partial charge < -0.3 is 14.6 Å². The van der Waals surface area contributed by atoms with Gasteiger partial charge in [-0.3, -0.25) is 4.79 Å². The van der Waals surface area contributed by atoms with Crippen LogP contribution in [0.15, 0.2) is 48.8 Å². The minimum absolute atomic E-state index is 0.274. The summed E-state index contributed by atoms with van der Waals surface area (Å²) in [6.45, 7) is 3.99. The number of ether oxygens (including phenoxy) is 1. The van der Waals surface area contributed by atoms with Gasteiger partial charge in [-0.2, -0.15) is 0 Å². The van der Waals surface area contributed by atoms with Crippen LogP contribution >= 0.6 is 0 Å². The molecule has 0 saturated carbocycles. The maximum Gasteiger partial charge on any atom is 0.328 e. The molecule has 1 aromatic heterocycles. The predicted octanol–water partition coefficient (Wildman–Crippen LogP) is 2.79. The number of aromatic nitrogens is 1. The second-order valence-corrected chi connectivity index (χ2v) is 5.82. The monoisotopic (exact) mass is 314 g/mol. The SMILES string of the molecule is COC(=O)[C@@H](CC(C)C)NC(=O)c1ccc(-n2cccc2)cc1. The van der Waals surface area contributed by atoms with E-state index in [1.165, 1.54) is 7.11 Å². The summed E-state index contributed by atoms with van der Waals surface area (Å²) in [5.74, 6) is -0.424. The molecule has 5 heteroatoms. The first-order chi connectivity index (χ1) is 11.0. The molecule has 0 fully saturated rings. The lowest BCUT2D eigenvalue weighted by Gasteiger charge is -2.18. The van der Waals surface area contributed by atoms with Gasteiger partial charge >= 0.3 is 5.97 Å². The van der Waals surface area contributed by atoms with Gasteiger partial charge in [0.1, 0.15) is 6.04 Å². The molecule has 1 heterocycles. The Bertz CT molecular complexity index is 645. The smallest absolute Gasteiger partial charge is 0.328 e. The molecule has 1 atom stereocenters. The second kappa shape index (κ2) is 7.63. The van der Waals surface area contributed by atoms with Crippen LogP contribution in [0.5, 0.6) is 0 Å². The molecule has 0 unspecified atom stereocenters. The number of hydrogen-bond donors (Lipinski definition) is 1. The summed E-state index contributed by atoms with van der Waals surface area (Å²) in [7, 11) is 1.33. The Morgan fingerprint density at radius 2 is 1.74 bits per heavy atom. The van der Waals surface area contributed by atoms with Crippen LogP contribution in [0.1, 0.15) is 30.6 Å². The number of benzene rings is 1. The first-order valence-corrected chi connectivity index (χ1v) is 7.63. The zero-order valence-corrected chi connectivity index (χ0v) is 13.7. The van der Waals surface area contributed by atoms with Crippen LogP contribution in [0.2, 0.25) is 0 Å². The van der Waals surface area contributed by atoms with E-state index < -0.39 is 12.0 Å². The summed E-state index contributed by atoms with van der Waals surface area (Å²) >= 11 is 0. The Morgan fingerprint density at radius 1 is 1.13 bits per heavy atom. The summed E-state index contributed by atoms with van der Waals surface area (Å²) in [5.41, 5.74) is 1.48. The largest absolute Gasteiger partial charge is 0.467 e. The van der Waals surface area contributed by atoms with Crippen molar-refractivity contribution in [2.45, 2.75) is 26.3 Å². The summed E-state index contributed by atoms with van der Waals surface area (Å²) in [6, 6.07) is 10.5. The number of esters is 1. The van der Waals surface area contributed by atoms with E-state index in [-0.39, 0.29) is 11.8 Å². The van der Waals surface area contributed by atoms with Crippen molar-refractivity contribution in [1.29, 1.82) is 0 Å². The van der Waals surface area contributed by atoms with Crippen LogP contribution in [0, 0.1) is 5.92 Å². The van der Waals surface area contributed by atoms with E-state index in [0.717, 1.165) is 5.69 Å². The van der Waals surface area contributed by atoms with E-state index in [2.05, 4.69) is 5.32 Å². The third kappa shape index (κ3) is 4.45. The molecule has 1 aromatic carbocycles. The molecule has 1 N–H and O–H groups in total. The summed E-state index contributed by atoms with van der Waals surface area (Å²) in [6.07, 6.45) is 4.41. The molecule has 2 aromatic rings. The van der Waals surface area contributed by atoms with Crippen molar-refractivity contribution in [3.8, 4) is 5.69 Å². The zero-order chi connectivity index (χ0) is 16.8. The van der Waals surface area contributed by atoms with E-state index in [9.17, 15) is 9.59 Å². The number of amides is 1. The summed E-state index contributed by atoms with van der Waals surface area (Å²) in [4.78, 5) is 24.1. The molecule has 0 aliphatic heterocycles. The van der Waals surface area contributed by atoms with Crippen molar-refractivity contribution in [2.75, 3.05) is 7.11 Å². The van der Waals surface area contributed by atoms with Crippen LogP contribution in [0.4, 0.5) is 0 Å². The fourth-order valence-electron chi connectivity index (χ4n) is 2.36. The molecule has 2 rings (SSSR count). The Labute approximate surface area is 136 Å². The maximum atomic E-state index is 12.3. The molecule has 122 valence electrons. The second-order valence-electron chi connectivity index (χ2n) is 5.82. The quantitative estimate of drug-likeness (QED) is 0.834. The van der Waals surface area contributed by atoms with E-state index >= 15 is 0 Å². The van der Waals surface area contributed by atoms with Gasteiger partial charge in [0.15, 0.2) is 0 Å². The highest BCUT2D eigenvalue weighted by atomic mass is 16.5. The molecular formula is C18H22N2O3. The van der Waals surface area contributed by atoms with Gasteiger partial charge in [0.05, 0.1) is 7.11 Å². The van der Waals surface area contributed by atoms with Gasteiger partial charge in [0.25, 0.3) is 5.91 Å². The lowest BCUT2D eigenvalue weighted by molar-refractivity contribution is -0.143. The van der Waals surface area contributed by atoms with Crippen LogP contribution in [-0.4, -0.2) is 29.6 Å². The molecule has 0 spiro atoms. The first-order valence-electron chi connectivity index (χ1n) is 7.63. The number of rotatable bonds is 6. The summed E-state index contributed by atoms with van der Waals surface area (Å²) in [5, 5.41) is 2.75. The third-order valence-electron chi connectivity index (χ3n) is 3.53. The van der Waals surface area contributed by atoms with E-state index in [0.29, 0.717) is 12.0 Å². The van der Waals surface area contributed by atoms with Gasteiger partial charge in [-0.15, -0.1) is 0 Å². The lowest BCUT2D eigenvalue weighted by Crippen LogP contribution is -2.42. The van der Waals surface area contributed by atoms with E-state index in [1.54, 1.807) is 12.1 Å². The Balaban J connectivity index is 2.08. The van der Waals surface area contributed by atoms with Crippen molar-refractivity contribution in [2.24, 2.45) is 5.92 Å². The molecule has 0 bridgehead atoms. The molecular weight excluding hydrogens is 292 g/mol. The number of hydrogen-bond acceptors (Lipinski definition) is 3. The fourth-order valence-corrected chi connectivity index (χ4v) is 2.36. The number of carbonyl (C=O) groups is 2. The van der Waals surface area contributed by atoms with Gasteiger partial charge in [-0.1, -0.05) is 13.8 Å². The molecule has 0 aliphatic rings. The Kier molecular flexibility index (Phi) is 5.57. The standard InChI is InChI=1S/C18H22N2O3/c1-13(2)12-16(18(22)23-3)19-17(21)14-6-8-15(9-7-14)20-10-4-5-11-20/h4-11,13,16H,12H2,1-3H3,(H,19,21)/t16-/m1/s1. The highest BCUT2D eigenvalue weighted by Gasteiger charge is 2.23. The normalized spacial score (nSPS) is 12.0. The molecule has 1 amide bonds. The lowest BCUT2D eigenvalue weighted by atomic mass is 10.0. The minimum atomic E-state index is -0.628. The number of nitrogens with one attached hydrogen (secondary N) is 1. The van der Waals surface area contributed by atoms with Gasteiger partial charge in [-0.25, -0.2) is 4.79 Å². The van der Waals surface area contributed by atoms with Crippen LogP contribution in [-0.2, 0) is 9.53 Å². The number of nitrogens with zero attached hydrogens (tertiary/aromatic N) is 1. The fraction of sp³-hybridized carbons (Fsp3) is 0.333. The van der Waals surface area contributed by atoms with Crippen molar-refractivity contribution in [3.63, 3.8) is 0 Å². The average Bonchev–Trinajstić information content (AvgIpc) is 3.07. The van der Waals surface area contributed by atoms with Crippen molar-refractivity contribution in [3.05, 3.63) is 54.4 Å². The van der Waals surface area contributed by atoms with Gasteiger partial charge in [0.2, 0.25) is 0 Å². The third-order valence-corrected chi connectivity index (χ3v) is 3.53. The van der Waals surface area contributed by atoms with Crippen LogP contribution in [0.25, 0.3) is 5.69 Å². The number of methoxy groups -OCH3 is 1. The van der Waals surface area contributed by atoms with E-state index in [1.807, 2.05) is 55.1 Å². The van der Waals surface area contributed by atoms with Gasteiger partial charge in [-0.05, 0) is 48.7 Å². The highest BCUT2D eigenvalue weighted by Crippen LogP contribution is 2.12. The molecule has 0 radical (unpaired) electrons. The minimum Gasteiger partial charge on any atom is -0.467 e. The van der Waals surface area contributed by atoms with Crippen molar-refractivity contribution in [1.82, 2.24) is 9.88 Å². The number of carbonyl (C=O) groups excluding carboxylic acids is 2. The first kappa shape index (κ1) is 16.8. The highest BCUT2D eigenvalue weighted by molar-refractivity contribution is 5.96. The topological polar surface area (TPSA) is 60.3 Å². The predicted molar refractivity (Wildman–Crippen MR) is 88.5 cm³/mol. The van der Waals surface area contributed by atoms with Crippen LogP contribution in [0.3, 0.4) is 0 Å². The molecule has 23 heavy (non-hydrogen) atoms. The van der Waals surface area contributed by atoms with Gasteiger partial charge in [0, 0.05) is 23.6 Å². The Hall–Kier alpha value is -2.56. The Morgan fingerprint density at radius 3 is 2.26 bits per heavy atom.